The molecular weight excluding hydrogens is 281 g/mol. The summed E-state index contributed by atoms with van der Waals surface area (Å²) in [5.41, 5.74) is 1.33. The van der Waals surface area contributed by atoms with Crippen molar-refractivity contribution in [2.45, 2.75) is 19.8 Å². The molecule has 0 spiro atoms. The van der Waals surface area contributed by atoms with Crippen molar-refractivity contribution in [2.24, 2.45) is 0 Å². The zero-order valence-corrected chi connectivity index (χ0v) is 12.7. The summed E-state index contributed by atoms with van der Waals surface area (Å²) in [6, 6.07) is 6.31. The Kier molecular flexibility index (Phi) is 4.00. The molecule has 2 aromatic heterocycles. The molecule has 0 atom stereocenters. The fourth-order valence-electron chi connectivity index (χ4n) is 2.43. The van der Waals surface area contributed by atoms with Gasteiger partial charge in [-0.25, -0.2) is 19.0 Å². The van der Waals surface area contributed by atoms with E-state index in [2.05, 4.69) is 26.9 Å². The largest absolute Gasteiger partial charge is 0.359 e. The highest BCUT2D eigenvalue weighted by molar-refractivity contribution is 5.87. The second-order valence-electron chi connectivity index (χ2n) is 5.25. The number of nitrogens with zero attached hydrogens (tertiary/aromatic N) is 5. The molecule has 0 aliphatic carbocycles. The Morgan fingerprint density at radius 1 is 1.27 bits per heavy atom. The molecule has 0 N–H and O–H groups in total. The SMILES string of the molecule is CCCCN(C)c1ncnc2c1cnn2-c1cccc(F)c1. The van der Waals surface area contributed by atoms with Crippen LogP contribution in [0, 0.1) is 5.82 Å². The Morgan fingerprint density at radius 3 is 2.91 bits per heavy atom. The third kappa shape index (κ3) is 2.64. The van der Waals surface area contributed by atoms with E-state index in [-0.39, 0.29) is 5.82 Å². The normalized spacial score (nSPS) is 11.0. The summed E-state index contributed by atoms with van der Waals surface area (Å²) < 4.78 is 15.1. The lowest BCUT2D eigenvalue weighted by Crippen LogP contribution is -2.19. The molecule has 22 heavy (non-hydrogen) atoms. The van der Waals surface area contributed by atoms with Crippen molar-refractivity contribution in [2.75, 3.05) is 18.5 Å². The molecule has 0 aliphatic heterocycles. The monoisotopic (exact) mass is 299 g/mol. The van der Waals surface area contributed by atoms with Gasteiger partial charge in [0.1, 0.15) is 18.0 Å². The highest BCUT2D eigenvalue weighted by Crippen LogP contribution is 2.24. The van der Waals surface area contributed by atoms with E-state index in [1.807, 2.05) is 7.05 Å². The minimum absolute atomic E-state index is 0.296. The number of rotatable bonds is 5. The van der Waals surface area contributed by atoms with Crippen LogP contribution in [-0.2, 0) is 0 Å². The molecule has 0 saturated heterocycles. The third-order valence-corrected chi connectivity index (χ3v) is 3.61. The summed E-state index contributed by atoms with van der Waals surface area (Å²) in [6.07, 6.45) is 5.48. The molecule has 6 heteroatoms. The predicted molar refractivity (Wildman–Crippen MR) is 84.8 cm³/mol. The number of unbranched alkanes of at least 4 members (excludes halogenated alkanes) is 1. The average molecular weight is 299 g/mol. The zero-order chi connectivity index (χ0) is 15.5. The van der Waals surface area contributed by atoms with Gasteiger partial charge < -0.3 is 4.90 Å². The number of hydrogen-bond donors (Lipinski definition) is 0. The maximum Gasteiger partial charge on any atom is 0.168 e. The molecular formula is C16H18FN5. The Hall–Kier alpha value is -2.50. The summed E-state index contributed by atoms with van der Waals surface area (Å²) >= 11 is 0. The Morgan fingerprint density at radius 2 is 2.14 bits per heavy atom. The standard InChI is InChI=1S/C16H18FN5/c1-3-4-8-21(2)15-14-10-20-22(16(14)19-11-18-15)13-7-5-6-12(17)9-13/h5-7,9-11H,3-4,8H2,1-2H3. The summed E-state index contributed by atoms with van der Waals surface area (Å²) in [7, 11) is 2.01. The van der Waals surface area contributed by atoms with Crippen molar-refractivity contribution >= 4 is 16.9 Å². The predicted octanol–water partition coefficient (Wildman–Crippen LogP) is 3.19. The molecule has 0 aliphatic rings. The first kappa shape index (κ1) is 14.4. The van der Waals surface area contributed by atoms with Gasteiger partial charge in [0, 0.05) is 13.6 Å². The molecule has 3 aromatic rings. The summed E-state index contributed by atoms with van der Waals surface area (Å²) in [4.78, 5) is 10.8. The van der Waals surface area contributed by atoms with Gasteiger partial charge in [-0.15, -0.1) is 0 Å². The van der Waals surface area contributed by atoms with Gasteiger partial charge in [-0.05, 0) is 24.6 Å². The lowest BCUT2D eigenvalue weighted by atomic mass is 10.3. The Bertz CT molecular complexity index is 783. The topological polar surface area (TPSA) is 46.8 Å². The Labute approximate surface area is 128 Å². The van der Waals surface area contributed by atoms with E-state index in [9.17, 15) is 4.39 Å². The maximum atomic E-state index is 13.4. The Balaban J connectivity index is 2.05. The summed E-state index contributed by atoms with van der Waals surface area (Å²) in [5, 5.41) is 5.22. The van der Waals surface area contributed by atoms with Crippen molar-refractivity contribution < 1.29 is 4.39 Å². The molecule has 1 aromatic carbocycles. The zero-order valence-electron chi connectivity index (χ0n) is 12.7. The molecule has 0 saturated carbocycles. The van der Waals surface area contributed by atoms with Crippen molar-refractivity contribution in [1.82, 2.24) is 19.7 Å². The molecule has 114 valence electrons. The number of hydrogen-bond acceptors (Lipinski definition) is 4. The van der Waals surface area contributed by atoms with Crippen molar-refractivity contribution in [3.63, 3.8) is 0 Å². The first-order chi connectivity index (χ1) is 10.7. The van der Waals surface area contributed by atoms with E-state index in [1.165, 1.54) is 18.5 Å². The van der Waals surface area contributed by atoms with E-state index in [0.29, 0.717) is 11.3 Å². The van der Waals surface area contributed by atoms with Gasteiger partial charge in [0.15, 0.2) is 5.65 Å². The van der Waals surface area contributed by atoms with Crippen LogP contribution >= 0.6 is 0 Å². The van der Waals surface area contributed by atoms with Crippen LogP contribution in [0.2, 0.25) is 0 Å². The molecule has 0 radical (unpaired) electrons. The number of anilines is 1. The van der Waals surface area contributed by atoms with E-state index < -0.39 is 0 Å². The maximum absolute atomic E-state index is 13.4. The minimum Gasteiger partial charge on any atom is -0.359 e. The van der Waals surface area contributed by atoms with Gasteiger partial charge in [-0.1, -0.05) is 19.4 Å². The van der Waals surface area contributed by atoms with Crippen LogP contribution in [0.15, 0.2) is 36.8 Å². The molecule has 0 unspecified atom stereocenters. The van der Waals surface area contributed by atoms with Crippen molar-refractivity contribution in [1.29, 1.82) is 0 Å². The molecule has 0 bridgehead atoms. The minimum atomic E-state index is -0.296. The third-order valence-electron chi connectivity index (χ3n) is 3.61. The molecule has 0 amide bonds. The van der Waals surface area contributed by atoms with Gasteiger partial charge in [-0.2, -0.15) is 5.10 Å². The van der Waals surface area contributed by atoms with E-state index in [1.54, 1.807) is 23.0 Å². The highest BCUT2D eigenvalue weighted by atomic mass is 19.1. The number of aromatic nitrogens is 4. The van der Waals surface area contributed by atoms with E-state index in [4.69, 9.17) is 0 Å². The van der Waals surface area contributed by atoms with E-state index >= 15 is 0 Å². The number of fused-ring (bicyclic) bond motifs is 1. The second-order valence-corrected chi connectivity index (χ2v) is 5.25. The average Bonchev–Trinajstić information content (AvgIpc) is 2.96. The lowest BCUT2D eigenvalue weighted by Gasteiger charge is -2.17. The van der Waals surface area contributed by atoms with Gasteiger partial charge in [-0.3, -0.25) is 0 Å². The van der Waals surface area contributed by atoms with E-state index in [0.717, 1.165) is 30.6 Å². The van der Waals surface area contributed by atoms with Crippen LogP contribution in [-0.4, -0.2) is 33.3 Å². The lowest BCUT2D eigenvalue weighted by molar-refractivity contribution is 0.625. The van der Waals surface area contributed by atoms with Crippen LogP contribution in [0.25, 0.3) is 16.7 Å². The second kappa shape index (κ2) is 6.09. The van der Waals surface area contributed by atoms with Crippen molar-refractivity contribution in [3.8, 4) is 5.69 Å². The van der Waals surface area contributed by atoms with Crippen LogP contribution in [0.3, 0.4) is 0 Å². The smallest absolute Gasteiger partial charge is 0.168 e. The summed E-state index contributed by atoms with van der Waals surface area (Å²) in [5.74, 6) is 0.552. The summed E-state index contributed by atoms with van der Waals surface area (Å²) in [6.45, 7) is 3.08. The first-order valence-corrected chi connectivity index (χ1v) is 7.36. The van der Waals surface area contributed by atoms with Crippen LogP contribution in [0.1, 0.15) is 19.8 Å². The molecule has 3 rings (SSSR count). The van der Waals surface area contributed by atoms with Crippen LogP contribution in [0.4, 0.5) is 10.2 Å². The molecule has 0 fully saturated rings. The number of halogens is 1. The van der Waals surface area contributed by atoms with Crippen LogP contribution < -0.4 is 4.90 Å². The fourth-order valence-corrected chi connectivity index (χ4v) is 2.43. The number of benzene rings is 1. The van der Waals surface area contributed by atoms with Gasteiger partial charge in [0.05, 0.1) is 17.3 Å². The quantitative estimate of drug-likeness (QED) is 0.726. The molecule has 2 heterocycles. The van der Waals surface area contributed by atoms with Gasteiger partial charge in [0.2, 0.25) is 0 Å². The fraction of sp³-hybridized carbons (Fsp3) is 0.312. The van der Waals surface area contributed by atoms with Gasteiger partial charge in [0.25, 0.3) is 0 Å². The highest BCUT2D eigenvalue weighted by Gasteiger charge is 2.13. The van der Waals surface area contributed by atoms with Crippen LogP contribution in [0.5, 0.6) is 0 Å². The first-order valence-electron chi connectivity index (χ1n) is 7.36. The van der Waals surface area contributed by atoms with Gasteiger partial charge >= 0.3 is 0 Å². The van der Waals surface area contributed by atoms with Crippen molar-refractivity contribution in [3.05, 3.63) is 42.6 Å². The molecule has 5 nitrogen and oxygen atoms in total.